The van der Waals surface area contributed by atoms with E-state index in [0.29, 0.717) is 25.8 Å². The zero-order valence-electron chi connectivity index (χ0n) is 15.1. The Morgan fingerprint density at radius 2 is 2.04 bits per heavy atom. The second-order valence-corrected chi connectivity index (χ2v) is 8.75. The van der Waals surface area contributed by atoms with E-state index in [0.717, 1.165) is 12.1 Å². The van der Waals surface area contributed by atoms with Gasteiger partial charge in [-0.25, -0.2) is 21.5 Å². The Labute approximate surface area is 153 Å². The summed E-state index contributed by atoms with van der Waals surface area (Å²) < 4.78 is 58.8. The molecule has 0 aromatic heterocycles. The van der Waals surface area contributed by atoms with Crippen LogP contribution in [0.2, 0.25) is 0 Å². The normalized spacial score (nSPS) is 21.5. The molecule has 1 aromatic rings. The van der Waals surface area contributed by atoms with Crippen molar-refractivity contribution in [3.8, 4) is 0 Å². The fourth-order valence-electron chi connectivity index (χ4n) is 3.41. The number of esters is 1. The predicted octanol–water partition coefficient (Wildman–Crippen LogP) is 2.89. The monoisotopic (exact) mass is 389 g/mol. The van der Waals surface area contributed by atoms with Crippen LogP contribution in [0.4, 0.5) is 8.78 Å². The first-order valence-corrected chi connectivity index (χ1v) is 10.4. The number of halogens is 2. The highest BCUT2D eigenvalue weighted by atomic mass is 32.2. The van der Waals surface area contributed by atoms with Crippen molar-refractivity contribution in [2.45, 2.75) is 39.5 Å². The average Bonchev–Trinajstić information content (AvgIpc) is 2.58. The summed E-state index contributed by atoms with van der Waals surface area (Å²) in [7, 11) is -3.49. The molecule has 1 aliphatic rings. The quantitative estimate of drug-likeness (QED) is 0.673. The second-order valence-electron chi connectivity index (χ2n) is 6.67. The van der Waals surface area contributed by atoms with E-state index >= 15 is 0 Å². The molecule has 1 aliphatic heterocycles. The minimum atomic E-state index is -3.49. The Bertz CT molecular complexity index is 754. The van der Waals surface area contributed by atoms with Crippen LogP contribution < -0.4 is 0 Å². The van der Waals surface area contributed by atoms with Gasteiger partial charge in [-0.05, 0) is 44.2 Å². The van der Waals surface area contributed by atoms with Crippen LogP contribution in [-0.4, -0.2) is 44.1 Å². The zero-order chi connectivity index (χ0) is 19.4. The number of benzene rings is 1. The molecule has 0 bridgehead atoms. The molecular formula is C18H25F2NO4S. The summed E-state index contributed by atoms with van der Waals surface area (Å²) in [6.07, 6.45) is 1.30. The van der Waals surface area contributed by atoms with Crippen LogP contribution in [0.1, 0.15) is 38.7 Å². The maximum absolute atomic E-state index is 14.2. The lowest BCUT2D eigenvalue weighted by Gasteiger charge is -2.40. The molecule has 0 radical (unpaired) electrons. The summed E-state index contributed by atoms with van der Waals surface area (Å²) in [5.74, 6) is -1.99. The summed E-state index contributed by atoms with van der Waals surface area (Å²) >= 11 is 0. The van der Waals surface area contributed by atoms with Gasteiger partial charge in [0.25, 0.3) is 0 Å². The van der Waals surface area contributed by atoms with Crippen LogP contribution >= 0.6 is 0 Å². The first-order chi connectivity index (χ1) is 12.2. The Kier molecular flexibility index (Phi) is 6.74. The fraction of sp³-hybridized carbons (Fsp3) is 0.611. The molecule has 1 fully saturated rings. The lowest BCUT2D eigenvalue weighted by molar-refractivity contribution is -0.157. The molecule has 0 amide bonds. The van der Waals surface area contributed by atoms with Crippen LogP contribution in [-0.2, 0) is 26.0 Å². The number of rotatable bonds is 7. The molecule has 1 heterocycles. The maximum atomic E-state index is 14.2. The topological polar surface area (TPSA) is 63.7 Å². The Hall–Kier alpha value is -1.54. The van der Waals surface area contributed by atoms with Gasteiger partial charge in [-0.2, -0.15) is 0 Å². The first kappa shape index (κ1) is 20.8. The van der Waals surface area contributed by atoms with Gasteiger partial charge in [0.05, 0.1) is 17.8 Å². The molecule has 0 N–H and O–H groups in total. The third kappa shape index (κ3) is 4.59. The number of carbonyl (C=O) groups is 1. The van der Waals surface area contributed by atoms with Crippen molar-refractivity contribution >= 4 is 16.0 Å². The van der Waals surface area contributed by atoms with E-state index in [-0.39, 0.29) is 30.9 Å². The Morgan fingerprint density at radius 1 is 1.31 bits per heavy atom. The van der Waals surface area contributed by atoms with Crippen LogP contribution in [0.15, 0.2) is 18.2 Å². The molecule has 1 atom stereocenters. The Balaban J connectivity index is 2.37. The smallest absolute Gasteiger partial charge is 0.313 e. The van der Waals surface area contributed by atoms with Gasteiger partial charge in [-0.3, -0.25) is 4.79 Å². The maximum Gasteiger partial charge on any atom is 0.313 e. The van der Waals surface area contributed by atoms with E-state index in [2.05, 4.69) is 0 Å². The lowest BCUT2D eigenvalue weighted by Crippen LogP contribution is -2.52. The third-order valence-electron chi connectivity index (χ3n) is 4.65. The number of piperidine rings is 1. The van der Waals surface area contributed by atoms with Gasteiger partial charge < -0.3 is 4.74 Å². The highest BCUT2D eigenvalue weighted by molar-refractivity contribution is 7.89. The summed E-state index contributed by atoms with van der Waals surface area (Å²) in [6.45, 7) is 3.86. The van der Waals surface area contributed by atoms with Crippen LogP contribution in [0.25, 0.3) is 0 Å². The van der Waals surface area contributed by atoms with Gasteiger partial charge >= 0.3 is 5.97 Å². The molecule has 1 saturated heterocycles. The average molecular weight is 389 g/mol. The fourth-order valence-corrected chi connectivity index (χ4v) is 5.04. The highest BCUT2D eigenvalue weighted by Gasteiger charge is 2.46. The van der Waals surface area contributed by atoms with E-state index < -0.39 is 33.0 Å². The van der Waals surface area contributed by atoms with Crippen molar-refractivity contribution in [3.63, 3.8) is 0 Å². The van der Waals surface area contributed by atoms with Crippen molar-refractivity contribution in [2.75, 3.05) is 25.4 Å². The molecule has 5 nitrogen and oxygen atoms in total. The molecule has 0 unspecified atom stereocenters. The molecule has 0 saturated carbocycles. The summed E-state index contributed by atoms with van der Waals surface area (Å²) in [4.78, 5) is 12.7. The number of hydrogen-bond donors (Lipinski definition) is 0. The number of carbonyl (C=O) groups excluding carboxylic acids is 1. The number of nitrogens with zero attached hydrogens (tertiary/aromatic N) is 1. The largest absolute Gasteiger partial charge is 0.466 e. The van der Waals surface area contributed by atoms with E-state index in [1.54, 1.807) is 13.8 Å². The molecule has 0 spiro atoms. The molecule has 146 valence electrons. The van der Waals surface area contributed by atoms with E-state index in [1.165, 1.54) is 10.4 Å². The molecular weight excluding hydrogens is 364 g/mol. The van der Waals surface area contributed by atoms with Crippen molar-refractivity contribution in [1.29, 1.82) is 0 Å². The van der Waals surface area contributed by atoms with Crippen molar-refractivity contribution in [2.24, 2.45) is 5.41 Å². The highest BCUT2D eigenvalue weighted by Crippen LogP contribution is 2.37. The van der Waals surface area contributed by atoms with Crippen LogP contribution in [0, 0.1) is 17.0 Å². The van der Waals surface area contributed by atoms with E-state index in [4.69, 9.17) is 4.74 Å². The van der Waals surface area contributed by atoms with Gasteiger partial charge in [-0.1, -0.05) is 13.0 Å². The van der Waals surface area contributed by atoms with Crippen LogP contribution in [0.5, 0.6) is 0 Å². The van der Waals surface area contributed by atoms with E-state index in [1.807, 2.05) is 0 Å². The molecule has 1 aromatic carbocycles. The number of hydrogen-bond acceptors (Lipinski definition) is 4. The standard InChI is InChI=1S/C18H25F2NO4S/c1-3-10-26(23,24)21-9-5-8-18(13-21,17(22)25-4-2)12-14-6-7-15(19)11-16(14)20/h6-7,11H,3-5,8-10,12-13H2,1-2H3/t18-/m1/s1. The lowest BCUT2D eigenvalue weighted by atomic mass is 9.75. The molecule has 26 heavy (non-hydrogen) atoms. The molecule has 8 heteroatoms. The van der Waals surface area contributed by atoms with Crippen molar-refractivity contribution in [3.05, 3.63) is 35.4 Å². The van der Waals surface area contributed by atoms with E-state index in [9.17, 15) is 22.0 Å². The van der Waals surface area contributed by atoms with Crippen molar-refractivity contribution in [1.82, 2.24) is 4.31 Å². The SMILES string of the molecule is CCCS(=O)(=O)N1CCC[C@](Cc2ccc(F)cc2F)(C(=O)OCC)C1. The third-order valence-corrected chi connectivity index (χ3v) is 6.67. The molecule has 2 rings (SSSR count). The summed E-state index contributed by atoms with van der Waals surface area (Å²) in [6, 6.07) is 3.19. The van der Waals surface area contributed by atoms with Crippen LogP contribution in [0.3, 0.4) is 0 Å². The minimum absolute atomic E-state index is 0.00316. The zero-order valence-corrected chi connectivity index (χ0v) is 15.9. The van der Waals surface area contributed by atoms with Gasteiger partial charge in [-0.15, -0.1) is 0 Å². The Morgan fingerprint density at radius 3 is 2.65 bits per heavy atom. The minimum Gasteiger partial charge on any atom is -0.466 e. The summed E-state index contributed by atoms with van der Waals surface area (Å²) in [5.41, 5.74) is -0.998. The first-order valence-electron chi connectivity index (χ1n) is 8.83. The number of sulfonamides is 1. The van der Waals surface area contributed by atoms with Gasteiger partial charge in [0.1, 0.15) is 11.6 Å². The number of ether oxygens (including phenoxy) is 1. The van der Waals surface area contributed by atoms with Gasteiger partial charge in [0, 0.05) is 19.2 Å². The van der Waals surface area contributed by atoms with Gasteiger partial charge in [0.2, 0.25) is 10.0 Å². The second kappa shape index (κ2) is 8.43. The summed E-state index contributed by atoms with van der Waals surface area (Å²) in [5, 5.41) is 0. The predicted molar refractivity (Wildman–Crippen MR) is 94.0 cm³/mol. The van der Waals surface area contributed by atoms with Gasteiger partial charge in [0.15, 0.2) is 0 Å². The molecule has 0 aliphatic carbocycles. The van der Waals surface area contributed by atoms with Crippen molar-refractivity contribution < 1.29 is 26.7 Å².